The first kappa shape index (κ1) is 14.5. The summed E-state index contributed by atoms with van der Waals surface area (Å²) >= 11 is 3.55. The number of fused-ring (bicyclic) bond motifs is 1. The third kappa shape index (κ3) is 3.24. The van der Waals surface area contributed by atoms with Crippen molar-refractivity contribution in [3.8, 4) is 5.75 Å². The highest BCUT2D eigenvalue weighted by Gasteiger charge is 2.19. The summed E-state index contributed by atoms with van der Waals surface area (Å²) in [6.07, 6.45) is 3.36. The molecular formula is C18H20BrNO. The molecule has 0 bridgehead atoms. The summed E-state index contributed by atoms with van der Waals surface area (Å²) in [5.41, 5.74) is 5.33. The summed E-state index contributed by atoms with van der Waals surface area (Å²) in [5.74, 6) is 0.953. The van der Waals surface area contributed by atoms with Crippen molar-refractivity contribution in [1.29, 1.82) is 0 Å². The highest BCUT2D eigenvalue weighted by atomic mass is 79.9. The van der Waals surface area contributed by atoms with Gasteiger partial charge in [0.1, 0.15) is 5.75 Å². The Morgan fingerprint density at radius 3 is 2.76 bits per heavy atom. The minimum atomic E-state index is 0.491. The minimum absolute atomic E-state index is 0.491. The summed E-state index contributed by atoms with van der Waals surface area (Å²) in [7, 11) is 1.73. The normalized spacial score (nSPS) is 17.2. The number of benzene rings is 2. The molecule has 2 aromatic rings. The molecule has 3 heteroatoms. The van der Waals surface area contributed by atoms with E-state index in [9.17, 15) is 0 Å². The summed E-state index contributed by atoms with van der Waals surface area (Å²) in [4.78, 5) is 0. The molecule has 1 atom stereocenters. The van der Waals surface area contributed by atoms with Crippen molar-refractivity contribution in [2.75, 3.05) is 12.4 Å². The van der Waals surface area contributed by atoms with Crippen LogP contribution in [0.5, 0.6) is 5.75 Å². The Bertz CT molecular complexity index is 654. The zero-order valence-corrected chi connectivity index (χ0v) is 14.0. The van der Waals surface area contributed by atoms with Gasteiger partial charge in [-0.1, -0.05) is 22.0 Å². The number of methoxy groups -OCH3 is 1. The predicted octanol–water partition coefficient (Wildman–Crippen LogP) is 4.74. The molecule has 0 aromatic heterocycles. The van der Waals surface area contributed by atoms with E-state index in [1.165, 1.54) is 28.8 Å². The van der Waals surface area contributed by atoms with Gasteiger partial charge < -0.3 is 10.1 Å². The lowest BCUT2D eigenvalue weighted by molar-refractivity contribution is 0.413. The molecule has 0 saturated heterocycles. The van der Waals surface area contributed by atoms with Crippen LogP contribution >= 0.6 is 15.9 Å². The van der Waals surface area contributed by atoms with Gasteiger partial charge in [-0.3, -0.25) is 0 Å². The molecule has 1 aliphatic rings. The maximum Gasteiger partial charge on any atom is 0.119 e. The van der Waals surface area contributed by atoms with Gasteiger partial charge in [0.25, 0.3) is 0 Å². The summed E-state index contributed by atoms with van der Waals surface area (Å²) < 4.78 is 6.50. The number of ether oxygens (including phenoxy) is 1. The van der Waals surface area contributed by atoms with Gasteiger partial charge in [-0.05, 0) is 73.2 Å². The molecule has 1 unspecified atom stereocenters. The molecule has 0 heterocycles. The maximum absolute atomic E-state index is 5.34. The van der Waals surface area contributed by atoms with Crippen molar-refractivity contribution in [1.82, 2.24) is 0 Å². The van der Waals surface area contributed by atoms with Gasteiger partial charge in [0, 0.05) is 16.2 Å². The van der Waals surface area contributed by atoms with Gasteiger partial charge in [-0.2, -0.15) is 0 Å². The van der Waals surface area contributed by atoms with E-state index in [0.717, 1.165) is 23.1 Å². The fourth-order valence-electron chi connectivity index (χ4n) is 2.95. The Labute approximate surface area is 134 Å². The molecule has 0 amide bonds. The fourth-order valence-corrected chi connectivity index (χ4v) is 3.20. The van der Waals surface area contributed by atoms with Crippen LogP contribution in [-0.4, -0.2) is 13.2 Å². The smallest absolute Gasteiger partial charge is 0.119 e. The zero-order valence-electron chi connectivity index (χ0n) is 12.4. The molecule has 1 aliphatic carbocycles. The molecule has 21 heavy (non-hydrogen) atoms. The minimum Gasteiger partial charge on any atom is -0.497 e. The fraction of sp³-hybridized carbons (Fsp3) is 0.333. The van der Waals surface area contributed by atoms with Crippen molar-refractivity contribution >= 4 is 21.6 Å². The molecule has 0 fully saturated rings. The van der Waals surface area contributed by atoms with E-state index in [4.69, 9.17) is 4.74 Å². The Kier molecular flexibility index (Phi) is 4.20. The van der Waals surface area contributed by atoms with Gasteiger partial charge in [0.2, 0.25) is 0 Å². The van der Waals surface area contributed by atoms with E-state index in [1.54, 1.807) is 7.11 Å². The second-order valence-electron chi connectivity index (χ2n) is 5.68. The van der Waals surface area contributed by atoms with Gasteiger partial charge >= 0.3 is 0 Å². The molecule has 1 N–H and O–H groups in total. The SMILES string of the molecule is COc1ccc2c(c1)CC(Nc1ccc(Br)c(C)c1)CC2. The zero-order chi connectivity index (χ0) is 14.8. The van der Waals surface area contributed by atoms with Crippen molar-refractivity contribution in [2.45, 2.75) is 32.2 Å². The first-order valence-corrected chi connectivity index (χ1v) is 8.13. The topological polar surface area (TPSA) is 21.3 Å². The van der Waals surface area contributed by atoms with E-state index >= 15 is 0 Å². The molecular weight excluding hydrogens is 326 g/mol. The third-order valence-electron chi connectivity index (χ3n) is 4.17. The number of nitrogens with one attached hydrogen (secondary N) is 1. The van der Waals surface area contributed by atoms with Crippen LogP contribution in [0.1, 0.15) is 23.1 Å². The van der Waals surface area contributed by atoms with Gasteiger partial charge in [-0.15, -0.1) is 0 Å². The Balaban J connectivity index is 1.74. The van der Waals surface area contributed by atoms with Crippen LogP contribution in [0, 0.1) is 6.92 Å². The highest BCUT2D eigenvalue weighted by molar-refractivity contribution is 9.10. The highest BCUT2D eigenvalue weighted by Crippen LogP contribution is 2.28. The average molecular weight is 346 g/mol. The molecule has 2 aromatic carbocycles. The lowest BCUT2D eigenvalue weighted by atomic mass is 9.88. The van der Waals surface area contributed by atoms with Crippen molar-refractivity contribution < 1.29 is 4.74 Å². The summed E-state index contributed by atoms with van der Waals surface area (Å²) in [6, 6.07) is 13.4. The van der Waals surface area contributed by atoms with Gasteiger partial charge in [0.05, 0.1) is 7.11 Å². The van der Waals surface area contributed by atoms with Gasteiger partial charge in [0.15, 0.2) is 0 Å². The standard InChI is InChI=1S/C18H20BrNO/c1-12-9-15(6-8-18(12)19)20-16-5-3-13-4-7-17(21-2)11-14(13)10-16/h4,6-9,11,16,20H,3,5,10H2,1-2H3. The van der Waals surface area contributed by atoms with Crippen LogP contribution in [0.15, 0.2) is 40.9 Å². The molecule has 110 valence electrons. The summed E-state index contributed by atoms with van der Waals surface area (Å²) in [5, 5.41) is 3.67. The van der Waals surface area contributed by atoms with E-state index in [-0.39, 0.29) is 0 Å². The number of halogens is 1. The third-order valence-corrected chi connectivity index (χ3v) is 5.06. The van der Waals surface area contributed by atoms with Crippen LogP contribution in [0.2, 0.25) is 0 Å². The summed E-state index contributed by atoms with van der Waals surface area (Å²) in [6.45, 7) is 2.12. The van der Waals surface area contributed by atoms with Crippen molar-refractivity contribution in [2.24, 2.45) is 0 Å². The number of hydrogen-bond donors (Lipinski definition) is 1. The largest absolute Gasteiger partial charge is 0.497 e. The second-order valence-corrected chi connectivity index (χ2v) is 6.54. The van der Waals surface area contributed by atoms with E-state index in [2.05, 4.69) is 64.6 Å². The molecule has 2 nitrogen and oxygen atoms in total. The number of rotatable bonds is 3. The van der Waals surface area contributed by atoms with Crippen LogP contribution in [-0.2, 0) is 12.8 Å². The monoisotopic (exact) mass is 345 g/mol. The molecule has 0 radical (unpaired) electrons. The van der Waals surface area contributed by atoms with E-state index in [1.807, 2.05) is 0 Å². The Morgan fingerprint density at radius 2 is 2.00 bits per heavy atom. The van der Waals surface area contributed by atoms with Crippen LogP contribution < -0.4 is 10.1 Å². The van der Waals surface area contributed by atoms with Crippen LogP contribution in [0.25, 0.3) is 0 Å². The number of hydrogen-bond acceptors (Lipinski definition) is 2. The first-order chi connectivity index (χ1) is 10.2. The Morgan fingerprint density at radius 1 is 1.14 bits per heavy atom. The van der Waals surface area contributed by atoms with Crippen molar-refractivity contribution in [3.63, 3.8) is 0 Å². The second kappa shape index (κ2) is 6.10. The molecule has 0 spiro atoms. The molecule has 0 aliphatic heterocycles. The van der Waals surface area contributed by atoms with Crippen molar-refractivity contribution in [3.05, 3.63) is 57.6 Å². The predicted molar refractivity (Wildman–Crippen MR) is 91.3 cm³/mol. The molecule has 3 rings (SSSR count). The maximum atomic E-state index is 5.34. The van der Waals surface area contributed by atoms with Crippen LogP contribution in [0.4, 0.5) is 5.69 Å². The van der Waals surface area contributed by atoms with E-state index < -0.39 is 0 Å². The lowest BCUT2D eigenvalue weighted by Gasteiger charge is -2.27. The van der Waals surface area contributed by atoms with Gasteiger partial charge in [-0.25, -0.2) is 0 Å². The first-order valence-electron chi connectivity index (χ1n) is 7.34. The average Bonchev–Trinajstić information content (AvgIpc) is 2.50. The number of anilines is 1. The van der Waals surface area contributed by atoms with E-state index in [0.29, 0.717) is 6.04 Å². The Hall–Kier alpha value is -1.48. The van der Waals surface area contributed by atoms with Crippen LogP contribution in [0.3, 0.4) is 0 Å². The molecule has 0 saturated carbocycles. The quantitative estimate of drug-likeness (QED) is 0.867. The number of aryl methyl sites for hydroxylation is 2. The lowest BCUT2D eigenvalue weighted by Crippen LogP contribution is -2.27.